The second-order valence-electron chi connectivity index (χ2n) is 4.76. The number of hydrogen-bond acceptors (Lipinski definition) is 3. The zero-order valence-electron chi connectivity index (χ0n) is 10.1. The molecule has 1 heterocycles. The topological polar surface area (TPSA) is 45.5 Å². The maximum absolute atomic E-state index is 11.9. The van der Waals surface area contributed by atoms with Gasteiger partial charge in [-0.2, -0.15) is 0 Å². The van der Waals surface area contributed by atoms with Crippen LogP contribution in [0.5, 0.6) is 0 Å². The molecule has 1 fully saturated rings. The van der Waals surface area contributed by atoms with Crippen molar-refractivity contribution in [3.63, 3.8) is 0 Å². The van der Waals surface area contributed by atoms with E-state index in [0.717, 1.165) is 12.8 Å². The van der Waals surface area contributed by atoms with Gasteiger partial charge in [-0.25, -0.2) is 0 Å². The third-order valence-corrected chi connectivity index (χ3v) is 4.29. The molecule has 0 spiro atoms. The number of rotatable bonds is 4. The SMILES string of the molecule is CN(C)C1(CNC(=O)c2ccoc2Br)CCC1. The fourth-order valence-electron chi connectivity index (χ4n) is 2.16. The minimum atomic E-state index is -0.0845. The van der Waals surface area contributed by atoms with Crippen molar-refractivity contribution in [2.24, 2.45) is 0 Å². The van der Waals surface area contributed by atoms with Crippen molar-refractivity contribution in [3.05, 3.63) is 22.6 Å². The van der Waals surface area contributed by atoms with E-state index in [1.807, 2.05) is 0 Å². The first kappa shape index (κ1) is 12.6. The van der Waals surface area contributed by atoms with E-state index < -0.39 is 0 Å². The van der Waals surface area contributed by atoms with E-state index in [-0.39, 0.29) is 11.4 Å². The molecule has 0 radical (unpaired) electrons. The van der Waals surface area contributed by atoms with E-state index in [0.29, 0.717) is 16.8 Å². The maximum Gasteiger partial charge on any atom is 0.255 e. The molecule has 0 aromatic carbocycles. The number of hydrogen-bond donors (Lipinski definition) is 1. The van der Waals surface area contributed by atoms with Crippen molar-refractivity contribution in [1.29, 1.82) is 0 Å². The Hall–Kier alpha value is -0.810. The zero-order chi connectivity index (χ0) is 12.5. The minimum Gasteiger partial charge on any atom is -0.457 e. The predicted octanol–water partition coefficient (Wildman–Crippen LogP) is 2.26. The number of nitrogens with one attached hydrogen (secondary N) is 1. The first-order valence-corrected chi connectivity index (χ1v) is 6.53. The summed E-state index contributed by atoms with van der Waals surface area (Å²) < 4.78 is 5.54. The molecular formula is C12H17BrN2O2. The van der Waals surface area contributed by atoms with Gasteiger partial charge in [0.1, 0.15) is 0 Å². The summed E-state index contributed by atoms with van der Waals surface area (Å²) in [6, 6.07) is 1.67. The third kappa shape index (κ3) is 2.40. The van der Waals surface area contributed by atoms with Gasteiger partial charge in [-0.05, 0) is 55.4 Å². The Morgan fingerprint density at radius 2 is 2.29 bits per heavy atom. The van der Waals surface area contributed by atoms with E-state index in [9.17, 15) is 4.79 Å². The van der Waals surface area contributed by atoms with Crippen molar-refractivity contribution in [2.45, 2.75) is 24.8 Å². The van der Waals surface area contributed by atoms with Crippen molar-refractivity contribution in [3.8, 4) is 0 Å². The monoisotopic (exact) mass is 300 g/mol. The van der Waals surface area contributed by atoms with Crippen LogP contribution < -0.4 is 5.32 Å². The highest BCUT2D eigenvalue weighted by Crippen LogP contribution is 2.35. The number of halogens is 1. The molecule has 0 atom stereocenters. The van der Waals surface area contributed by atoms with E-state index in [1.54, 1.807) is 6.07 Å². The summed E-state index contributed by atoms with van der Waals surface area (Å²) in [7, 11) is 4.14. The molecule has 1 aliphatic carbocycles. The van der Waals surface area contributed by atoms with Gasteiger partial charge in [0.15, 0.2) is 4.67 Å². The summed E-state index contributed by atoms with van der Waals surface area (Å²) in [4.78, 5) is 14.1. The summed E-state index contributed by atoms with van der Waals surface area (Å²) in [5.41, 5.74) is 0.699. The lowest BCUT2D eigenvalue weighted by Crippen LogP contribution is -2.57. The van der Waals surface area contributed by atoms with Crippen LogP contribution in [-0.4, -0.2) is 37.0 Å². The Bertz CT molecular complexity index is 410. The average Bonchev–Trinajstić information content (AvgIpc) is 2.62. The van der Waals surface area contributed by atoms with Crippen LogP contribution in [0, 0.1) is 0 Å². The number of amides is 1. The highest BCUT2D eigenvalue weighted by atomic mass is 79.9. The number of likely N-dealkylation sites (N-methyl/N-ethyl adjacent to an activating group) is 1. The van der Waals surface area contributed by atoms with Crippen LogP contribution in [0.3, 0.4) is 0 Å². The van der Waals surface area contributed by atoms with Crippen LogP contribution in [0.1, 0.15) is 29.6 Å². The van der Waals surface area contributed by atoms with Gasteiger partial charge in [-0.1, -0.05) is 0 Å². The average molecular weight is 301 g/mol. The Kier molecular flexibility index (Phi) is 3.58. The second-order valence-corrected chi connectivity index (χ2v) is 5.48. The van der Waals surface area contributed by atoms with Crippen molar-refractivity contribution in [2.75, 3.05) is 20.6 Å². The number of nitrogens with zero attached hydrogens (tertiary/aromatic N) is 1. The highest BCUT2D eigenvalue weighted by molar-refractivity contribution is 9.10. The molecule has 1 amide bonds. The van der Waals surface area contributed by atoms with Crippen LogP contribution in [0.4, 0.5) is 0 Å². The fourth-order valence-corrected chi connectivity index (χ4v) is 2.58. The molecule has 1 aliphatic rings. The predicted molar refractivity (Wildman–Crippen MR) is 69.0 cm³/mol. The van der Waals surface area contributed by atoms with Gasteiger partial charge < -0.3 is 14.6 Å². The van der Waals surface area contributed by atoms with Crippen LogP contribution in [0.15, 0.2) is 21.4 Å². The molecule has 94 valence electrons. The van der Waals surface area contributed by atoms with E-state index >= 15 is 0 Å². The summed E-state index contributed by atoms with van der Waals surface area (Å²) in [5, 5.41) is 2.98. The Morgan fingerprint density at radius 1 is 1.59 bits per heavy atom. The molecule has 0 bridgehead atoms. The number of carbonyl (C=O) groups is 1. The first-order chi connectivity index (χ1) is 8.05. The normalized spacial score (nSPS) is 17.9. The van der Waals surface area contributed by atoms with Crippen LogP contribution in [0.2, 0.25) is 0 Å². The van der Waals surface area contributed by atoms with Crippen molar-refractivity contribution in [1.82, 2.24) is 10.2 Å². The second kappa shape index (κ2) is 4.82. The molecule has 5 heteroatoms. The van der Waals surface area contributed by atoms with E-state index in [2.05, 4.69) is 40.2 Å². The van der Waals surface area contributed by atoms with Gasteiger partial charge in [0, 0.05) is 12.1 Å². The smallest absolute Gasteiger partial charge is 0.255 e. The lowest BCUT2D eigenvalue weighted by molar-refractivity contribution is 0.0557. The largest absolute Gasteiger partial charge is 0.457 e. The molecule has 0 unspecified atom stereocenters. The van der Waals surface area contributed by atoms with Crippen molar-refractivity contribution < 1.29 is 9.21 Å². The van der Waals surface area contributed by atoms with E-state index in [1.165, 1.54) is 12.7 Å². The van der Waals surface area contributed by atoms with Crippen LogP contribution in [-0.2, 0) is 0 Å². The Morgan fingerprint density at radius 3 is 2.71 bits per heavy atom. The molecular weight excluding hydrogens is 284 g/mol. The third-order valence-electron chi connectivity index (χ3n) is 3.67. The summed E-state index contributed by atoms with van der Waals surface area (Å²) in [6.07, 6.45) is 5.03. The molecule has 0 saturated heterocycles. The number of furan rings is 1. The summed E-state index contributed by atoms with van der Waals surface area (Å²) in [5.74, 6) is -0.0845. The molecule has 1 saturated carbocycles. The van der Waals surface area contributed by atoms with Gasteiger partial charge in [0.2, 0.25) is 0 Å². The van der Waals surface area contributed by atoms with E-state index in [4.69, 9.17) is 4.42 Å². The first-order valence-electron chi connectivity index (χ1n) is 5.74. The van der Waals surface area contributed by atoms with Crippen molar-refractivity contribution >= 4 is 21.8 Å². The molecule has 2 rings (SSSR count). The Labute approximate surface area is 109 Å². The molecule has 0 aliphatic heterocycles. The number of carbonyl (C=O) groups excluding carboxylic acids is 1. The molecule has 4 nitrogen and oxygen atoms in total. The lowest BCUT2D eigenvalue weighted by Gasteiger charge is -2.47. The zero-order valence-corrected chi connectivity index (χ0v) is 11.7. The van der Waals surface area contributed by atoms with Gasteiger partial charge >= 0.3 is 0 Å². The minimum absolute atomic E-state index is 0.0845. The van der Waals surface area contributed by atoms with Gasteiger partial charge in [0.25, 0.3) is 5.91 Å². The van der Waals surface area contributed by atoms with Crippen LogP contribution in [0.25, 0.3) is 0 Å². The standard InChI is InChI=1S/C12H17BrN2O2/c1-15(2)12(5-3-6-12)8-14-11(16)9-4-7-17-10(9)13/h4,7H,3,5-6,8H2,1-2H3,(H,14,16). The van der Waals surface area contributed by atoms with Gasteiger partial charge in [-0.15, -0.1) is 0 Å². The molecule has 1 aromatic heterocycles. The molecule has 1 N–H and O–H groups in total. The molecule has 17 heavy (non-hydrogen) atoms. The fraction of sp³-hybridized carbons (Fsp3) is 0.583. The lowest BCUT2D eigenvalue weighted by atomic mass is 9.75. The quantitative estimate of drug-likeness (QED) is 0.928. The van der Waals surface area contributed by atoms with Crippen LogP contribution >= 0.6 is 15.9 Å². The Balaban J connectivity index is 1.94. The maximum atomic E-state index is 11.9. The van der Waals surface area contributed by atoms with Gasteiger partial charge in [-0.3, -0.25) is 4.79 Å². The van der Waals surface area contributed by atoms with Gasteiger partial charge in [0.05, 0.1) is 11.8 Å². The summed E-state index contributed by atoms with van der Waals surface area (Å²) >= 11 is 3.21. The summed E-state index contributed by atoms with van der Waals surface area (Å²) in [6.45, 7) is 0.691. The molecule has 1 aromatic rings. The highest BCUT2D eigenvalue weighted by Gasteiger charge is 2.39.